The number of carboxylic acids is 1. The molecule has 9 heteroatoms. The number of nitrogens with one attached hydrogen (secondary N) is 2. The zero-order valence-corrected chi connectivity index (χ0v) is 19.0. The maximum Gasteiger partial charge on any atom is 0.336 e. The highest BCUT2D eigenvalue weighted by Crippen LogP contribution is 2.29. The monoisotopic (exact) mass is 466 g/mol. The summed E-state index contributed by atoms with van der Waals surface area (Å²) in [6, 6.07) is 13.7. The summed E-state index contributed by atoms with van der Waals surface area (Å²) < 4.78 is 10.8. The summed E-state index contributed by atoms with van der Waals surface area (Å²) >= 11 is 0. The van der Waals surface area contributed by atoms with E-state index in [-0.39, 0.29) is 5.92 Å². The Morgan fingerprint density at radius 3 is 2.35 bits per heavy atom. The quantitative estimate of drug-likeness (QED) is 0.413. The lowest BCUT2D eigenvalue weighted by Gasteiger charge is -2.21. The summed E-state index contributed by atoms with van der Waals surface area (Å²) in [5, 5.41) is 14.8. The van der Waals surface area contributed by atoms with Gasteiger partial charge in [0.05, 0.1) is 0 Å². The van der Waals surface area contributed by atoms with Crippen molar-refractivity contribution in [2.24, 2.45) is 5.92 Å². The Balaban J connectivity index is 1.65. The molecule has 0 saturated carbocycles. The molecule has 0 radical (unpaired) electrons. The van der Waals surface area contributed by atoms with E-state index in [2.05, 4.69) is 10.6 Å². The standard InChI is InChI=1S/C25H26N2O7/c1-14(2)23(25(31)32)27-24(30)15(3)26-21(28)13-33-17-9-10-18-19(16-7-5-4-6-8-16)12-22(29)34-20(18)11-17/h4-12,14-15,23H,13H2,1-3H3,(H,26,28)(H,27,30)(H,31,32)/t15-,23+/m1/s1. The Morgan fingerprint density at radius 1 is 1.00 bits per heavy atom. The van der Waals surface area contributed by atoms with Gasteiger partial charge in [-0.2, -0.15) is 0 Å². The minimum atomic E-state index is -1.15. The van der Waals surface area contributed by atoms with Crippen molar-refractivity contribution in [2.75, 3.05) is 6.61 Å². The number of rotatable bonds is 9. The van der Waals surface area contributed by atoms with Gasteiger partial charge >= 0.3 is 11.6 Å². The molecular formula is C25H26N2O7. The summed E-state index contributed by atoms with van der Waals surface area (Å²) in [7, 11) is 0. The summed E-state index contributed by atoms with van der Waals surface area (Å²) in [4.78, 5) is 47.8. The molecular weight excluding hydrogens is 440 g/mol. The largest absolute Gasteiger partial charge is 0.484 e. The predicted octanol–water partition coefficient (Wildman–Crippen LogP) is 2.57. The molecule has 0 fully saturated rings. The van der Waals surface area contributed by atoms with Crippen LogP contribution >= 0.6 is 0 Å². The van der Waals surface area contributed by atoms with Crippen molar-refractivity contribution < 1.29 is 28.6 Å². The van der Waals surface area contributed by atoms with Crippen molar-refractivity contribution in [1.82, 2.24) is 10.6 Å². The lowest BCUT2D eigenvalue weighted by atomic mass is 10.0. The lowest BCUT2D eigenvalue weighted by Crippen LogP contribution is -2.52. The third-order valence-corrected chi connectivity index (χ3v) is 5.17. The van der Waals surface area contributed by atoms with Crippen LogP contribution in [-0.4, -0.2) is 41.6 Å². The first-order valence-electron chi connectivity index (χ1n) is 10.7. The normalized spacial score (nSPS) is 12.7. The maximum atomic E-state index is 12.2. The Labute approximate surface area is 195 Å². The molecule has 3 rings (SSSR count). The van der Waals surface area contributed by atoms with Crippen molar-refractivity contribution in [3.8, 4) is 16.9 Å². The number of carbonyl (C=O) groups is 3. The van der Waals surface area contributed by atoms with E-state index >= 15 is 0 Å². The molecule has 3 N–H and O–H groups in total. The van der Waals surface area contributed by atoms with Gasteiger partial charge in [-0.15, -0.1) is 0 Å². The van der Waals surface area contributed by atoms with E-state index in [0.29, 0.717) is 16.7 Å². The van der Waals surface area contributed by atoms with Gasteiger partial charge in [0, 0.05) is 17.5 Å². The Bertz CT molecular complexity index is 1250. The first-order chi connectivity index (χ1) is 16.2. The van der Waals surface area contributed by atoms with Crippen molar-refractivity contribution in [1.29, 1.82) is 0 Å². The number of carboxylic acid groups (broad SMARTS) is 1. The van der Waals surface area contributed by atoms with E-state index in [9.17, 15) is 24.3 Å². The van der Waals surface area contributed by atoms with E-state index in [1.807, 2.05) is 30.3 Å². The van der Waals surface area contributed by atoms with Gasteiger partial charge in [-0.3, -0.25) is 9.59 Å². The van der Waals surface area contributed by atoms with Crippen LogP contribution in [0.2, 0.25) is 0 Å². The van der Waals surface area contributed by atoms with Gasteiger partial charge in [0.15, 0.2) is 6.61 Å². The third-order valence-electron chi connectivity index (χ3n) is 5.17. The van der Waals surface area contributed by atoms with E-state index < -0.39 is 42.1 Å². The van der Waals surface area contributed by atoms with Gasteiger partial charge < -0.3 is 24.9 Å². The molecule has 0 aliphatic carbocycles. The number of ether oxygens (including phenoxy) is 1. The topological polar surface area (TPSA) is 135 Å². The summed E-state index contributed by atoms with van der Waals surface area (Å²) in [6.07, 6.45) is 0. The number of hydrogen-bond acceptors (Lipinski definition) is 6. The fourth-order valence-electron chi connectivity index (χ4n) is 3.38. The number of amides is 2. The van der Waals surface area contributed by atoms with Crippen LogP contribution in [0.1, 0.15) is 20.8 Å². The predicted molar refractivity (Wildman–Crippen MR) is 125 cm³/mol. The molecule has 0 aliphatic rings. The molecule has 2 amide bonds. The van der Waals surface area contributed by atoms with Crippen LogP contribution in [0.3, 0.4) is 0 Å². The molecule has 0 aliphatic heterocycles. The van der Waals surface area contributed by atoms with Gasteiger partial charge in [-0.1, -0.05) is 44.2 Å². The van der Waals surface area contributed by atoms with Crippen LogP contribution in [0, 0.1) is 5.92 Å². The second-order valence-corrected chi connectivity index (χ2v) is 8.15. The highest BCUT2D eigenvalue weighted by atomic mass is 16.5. The highest BCUT2D eigenvalue weighted by molar-refractivity contribution is 5.94. The van der Waals surface area contributed by atoms with Crippen LogP contribution in [0.25, 0.3) is 22.1 Å². The number of hydrogen-bond donors (Lipinski definition) is 3. The minimum Gasteiger partial charge on any atom is -0.484 e. The molecule has 2 atom stereocenters. The van der Waals surface area contributed by atoms with Gasteiger partial charge in [0.1, 0.15) is 23.4 Å². The van der Waals surface area contributed by atoms with Crippen LogP contribution in [-0.2, 0) is 14.4 Å². The summed E-state index contributed by atoms with van der Waals surface area (Å²) in [6.45, 7) is 4.40. The zero-order valence-electron chi connectivity index (χ0n) is 19.0. The van der Waals surface area contributed by atoms with Gasteiger partial charge in [-0.05, 0) is 36.1 Å². The molecule has 1 aromatic heterocycles. The first-order valence-corrected chi connectivity index (χ1v) is 10.7. The van der Waals surface area contributed by atoms with E-state index in [1.165, 1.54) is 19.1 Å². The van der Waals surface area contributed by atoms with E-state index in [0.717, 1.165) is 11.1 Å². The Morgan fingerprint density at radius 2 is 1.71 bits per heavy atom. The molecule has 34 heavy (non-hydrogen) atoms. The Hall–Kier alpha value is -4.14. The molecule has 0 unspecified atom stereocenters. The van der Waals surface area contributed by atoms with Crippen molar-refractivity contribution >= 4 is 28.8 Å². The van der Waals surface area contributed by atoms with Gasteiger partial charge in [0.25, 0.3) is 5.91 Å². The number of benzene rings is 2. The van der Waals surface area contributed by atoms with E-state index in [4.69, 9.17) is 9.15 Å². The van der Waals surface area contributed by atoms with Gasteiger partial charge in [0.2, 0.25) is 5.91 Å². The number of fused-ring (bicyclic) bond motifs is 1. The van der Waals surface area contributed by atoms with Crippen LogP contribution in [0.15, 0.2) is 63.8 Å². The maximum absolute atomic E-state index is 12.2. The lowest BCUT2D eigenvalue weighted by molar-refractivity contribution is -0.143. The number of aliphatic carboxylic acids is 1. The Kier molecular flexibility index (Phi) is 7.68. The van der Waals surface area contributed by atoms with Crippen LogP contribution in [0.5, 0.6) is 5.75 Å². The third kappa shape index (κ3) is 6.00. The zero-order chi connectivity index (χ0) is 24.8. The van der Waals surface area contributed by atoms with E-state index in [1.54, 1.807) is 26.0 Å². The fraction of sp³-hybridized carbons (Fsp3) is 0.280. The highest BCUT2D eigenvalue weighted by Gasteiger charge is 2.26. The molecule has 1 heterocycles. The van der Waals surface area contributed by atoms with Crippen LogP contribution in [0.4, 0.5) is 0 Å². The molecule has 0 saturated heterocycles. The average molecular weight is 466 g/mol. The first kappa shape index (κ1) is 24.5. The molecule has 2 aromatic carbocycles. The number of carbonyl (C=O) groups excluding carboxylic acids is 2. The molecule has 3 aromatic rings. The molecule has 178 valence electrons. The summed E-state index contributed by atoms with van der Waals surface area (Å²) in [5.41, 5.74) is 1.38. The second-order valence-electron chi connectivity index (χ2n) is 8.15. The van der Waals surface area contributed by atoms with Crippen molar-refractivity contribution in [3.63, 3.8) is 0 Å². The smallest absolute Gasteiger partial charge is 0.336 e. The van der Waals surface area contributed by atoms with Gasteiger partial charge in [-0.25, -0.2) is 9.59 Å². The summed E-state index contributed by atoms with van der Waals surface area (Å²) in [5.74, 6) is -2.35. The molecule has 0 spiro atoms. The SMILES string of the molecule is CC(C)[C@H](NC(=O)[C@@H](C)NC(=O)COc1ccc2c(-c3ccccc3)cc(=O)oc2c1)C(=O)O. The van der Waals surface area contributed by atoms with Crippen LogP contribution < -0.4 is 21.0 Å². The minimum absolute atomic E-state index is 0.305. The second kappa shape index (κ2) is 10.7. The fourth-order valence-corrected chi connectivity index (χ4v) is 3.38. The average Bonchev–Trinajstić information content (AvgIpc) is 2.80. The molecule has 9 nitrogen and oxygen atoms in total. The van der Waals surface area contributed by atoms with Crippen molar-refractivity contribution in [2.45, 2.75) is 32.9 Å². The molecule has 0 bridgehead atoms. The van der Waals surface area contributed by atoms with Crippen molar-refractivity contribution in [3.05, 3.63) is 65.0 Å².